The Hall–Kier alpha value is -2.93. The van der Waals surface area contributed by atoms with Crippen LogP contribution in [-0.2, 0) is 0 Å². The van der Waals surface area contributed by atoms with Gasteiger partial charge in [0.1, 0.15) is 0 Å². The van der Waals surface area contributed by atoms with Crippen molar-refractivity contribution < 1.29 is 4.79 Å². The summed E-state index contributed by atoms with van der Waals surface area (Å²) in [5.74, 6) is 0.0471. The highest BCUT2D eigenvalue weighted by Gasteiger charge is 2.22. The molecule has 1 atom stereocenters. The number of aryl methyl sites for hydroxylation is 1. The normalized spacial score (nSPS) is 12.4. The van der Waals surface area contributed by atoms with Crippen molar-refractivity contribution in [2.75, 3.05) is 0 Å². The molecule has 0 aliphatic heterocycles. The van der Waals surface area contributed by atoms with E-state index in [1.165, 1.54) is 17.3 Å². The van der Waals surface area contributed by atoms with E-state index in [1.54, 1.807) is 10.9 Å². The van der Waals surface area contributed by atoms with E-state index in [0.29, 0.717) is 10.7 Å². The molecule has 4 rings (SSSR count). The first kappa shape index (κ1) is 16.5. The third kappa shape index (κ3) is 3.01. The maximum atomic E-state index is 12.9. The molecule has 2 aromatic heterocycles. The third-order valence-corrected chi connectivity index (χ3v) is 5.26. The number of rotatable bonds is 5. The van der Waals surface area contributed by atoms with E-state index in [1.807, 2.05) is 62.4 Å². The van der Waals surface area contributed by atoms with E-state index in [0.717, 1.165) is 16.6 Å². The molecule has 1 unspecified atom stereocenters. The van der Waals surface area contributed by atoms with E-state index >= 15 is 0 Å². The van der Waals surface area contributed by atoms with Gasteiger partial charge in [-0.3, -0.25) is 4.79 Å². The molecular formula is C19H17N5OS. The number of carbonyl (C=O) groups is 1. The standard InChI is InChI=1S/C19H17N5OS/c1-12-7-9-14(10-8-12)24-19(21-22-23-24)26-13(2)18(25)16-11-20-17-6-4-3-5-15(16)17/h3-11,13,20H,1-2H3. The van der Waals surface area contributed by atoms with Gasteiger partial charge in [0.05, 0.1) is 10.9 Å². The van der Waals surface area contributed by atoms with Crippen LogP contribution in [0.4, 0.5) is 0 Å². The third-order valence-electron chi connectivity index (χ3n) is 4.23. The van der Waals surface area contributed by atoms with Crippen LogP contribution in [0.3, 0.4) is 0 Å². The van der Waals surface area contributed by atoms with Gasteiger partial charge in [-0.25, -0.2) is 0 Å². The molecule has 0 saturated carbocycles. The summed E-state index contributed by atoms with van der Waals surface area (Å²) in [6.45, 7) is 3.91. The Morgan fingerprint density at radius 1 is 1.15 bits per heavy atom. The quantitative estimate of drug-likeness (QED) is 0.431. The minimum absolute atomic E-state index is 0.0471. The summed E-state index contributed by atoms with van der Waals surface area (Å²) in [5.41, 5.74) is 3.68. The summed E-state index contributed by atoms with van der Waals surface area (Å²) in [6.07, 6.45) is 1.77. The molecule has 7 heteroatoms. The highest BCUT2D eigenvalue weighted by atomic mass is 32.2. The molecular weight excluding hydrogens is 346 g/mol. The number of thioether (sulfide) groups is 1. The lowest BCUT2D eigenvalue weighted by Crippen LogP contribution is -2.14. The van der Waals surface area contributed by atoms with Gasteiger partial charge < -0.3 is 4.98 Å². The number of aromatic nitrogens is 5. The van der Waals surface area contributed by atoms with Gasteiger partial charge in [-0.05, 0) is 42.5 Å². The lowest BCUT2D eigenvalue weighted by Gasteiger charge is -2.10. The smallest absolute Gasteiger partial charge is 0.214 e. The number of para-hydroxylation sites is 1. The maximum Gasteiger partial charge on any atom is 0.214 e. The van der Waals surface area contributed by atoms with Gasteiger partial charge in [-0.15, -0.1) is 5.10 Å². The highest BCUT2D eigenvalue weighted by molar-refractivity contribution is 8.00. The number of Topliss-reactive ketones (excluding diaryl/α,β-unsaturated/α-hetero) is 1. The van der Waals surface area contributed by atoms with Gasteiger partial charge in [0.25, 0.3) is 0 Å². The number of carbonyl (C=O) groups excluding carboxylic acids is 1. The van der Waals surface area contributed by atoms with Crippen molar-refractivity contribution in [2.24, 2.45) is 0 Å². The number of nitrogens with one attached hydrogen (secondary N) is 1. The second kappa shape index (κ2) is 6.76. The van der Waals surface area contributed by atoms with Crippen LogP contribution in [0.5, 0.6) is 0 Å². The lowest BCUT2D eigenvalue weighted by atomic mass is 10.1. The molecule has 0 saturated heterocycles. The maximum absolute atomic E-state index is 12.9. The highest BCUT2D eigenvalue weighted by Crippen LogP contribution is 2.28. The first-order valence-corrected chi connectivity index (χ1v) is 9.14. The number of H-pyrrole nitrogens is 1. The first-order valence-electron chi connectivity index (χ1n) is 8.26. The number of benzene rings is 2. The summed E-state index contributed by atoms with van der Waals surface area (Å²) < 4.78 is 1.66. The number of hydrogen-bond acceptors (Lipinski definition) is 5. The largest absolute Gasteiger partial charge is 0.360 e. The minimum Gasteiger partial charge on any atom is -0.360 e. The second-order valence-electron chi connectivity index (χ2n) is 6.08. The zero-order valence-electron chi connectivity index (χ0n) is 14.4. The fourth-order valence-electron chi connectivity index (χ4n) is 2.81. The minimum atomic E-state index is -0.315. The van der Waals surface area contributed by atoms with Crippen molar-refractivity contribution >= 4 is 28.4 Å². The van der Waals surface area contributed by atoms with Crippen molar-refractivity contribution in [1.29, 1.82) is 0 Å². The Kier molecular flexibility index (Phi) is 4.30. The Balaban J connectivity index is 1.59. The number of fused-ring (bicyclic) bond motifs is 1. The van der Waals surface area contributed by atoms with Crippen LogP contribution in [0.1, 0.15) is 22.8 Å². The van der Waals surface area contributed by atoms with Gasteiger partial charge in [-0.1, -0.05) is 47.7 Å². The Bertz CT molecular complexity index is 1070. The summed E-state index contributed by atoms with van der Waals surface area (Å²) in [7, 11) is 0. The molecule has 0 fully saturated rings. The molecule has 130 valence electrons. The predicted octanol–water partition coefficient (Wildman–Crippen LogP) is 3.82. The van der Waals surface area contributed by atoms with Crippen molar-refractivity contribution in [3.05, 3.63) is 65.9 Å². The van der Waals surface area contributed by atoms with Crippen LogP contribution in [0, 0.1) is 6.92 Å². The molecule has 4 aromatic rings. The fraction of sp³-hybridized carbons (Fsp3) is 0.158. The van der Waals surface area contributed by atoms with Crippen LogP contribution in [0.15, 0.2) is 59.9 Å². The SMILES string of the molecule is Cc1ccc(-n2nnnc2SC(C)C(=O)c2c[nH]c3ccccc23)cc1. The van der Waals surface area contributed by atoms with E-state index in [2.05, 4.69) is 20.5 Å². The van der Waals surface area contributed by atoms with E-state index < -0.39 is 0 Å². The molecule has 0 aliphatic carbocycles. The Morgan fingerprint density at radius 2 is 1.92 bits per heavy atom. The van der Waals surface area contributed by atoms with Crippen LogP contribution in [0.2, 0.25) is 0 Å². The molecule has 1 N–H and O–H groups in total. The summed E-state index contributed by atoms with van der Waals surface area (Å²) in [4.78, 5) is 16.1. The van der Waals surface area contributed by atoms with Crippen molar-refractivity contribution in [1.82, 2.24) is 25.2 Å². The molecule has 0 radical (unpaired) electrons. The molecule has 2 aromatic carbocycles. The number of ketones is 1. The molecule has 0 amide bonds. The zero-order chi connectivity index (χ0) is 18.1. The van der Waals surface area contributed by atoms with Crippen LogP contribution >= 0.6 is 11.8 Å². The molecule has 0 spiro atoms. The van der Waals surface area contributed by atoms with E-state index in [4.69, 9.17) is 0 Å². The number of aromatic amines is 1. The average molecular weight is 363 g/mol. The van der Waals surface area contributed by atoms with E-state index in [9.17, 15) is 4.79 Å². The average Bonchev–Trinajstić information content (AvgIpc) is 3.28. The lowest BCUT2D eigenvalue weighted by molar-refractivity contribution is 0.0995. The van der Waals surface area contributed by atoms with Crippen molar-refractivity contribution in [3.8, 4) is 5.69 Å². The first-order chi connectivity index (χ1) is 12.6. The molecule has 6 nitrogen and oxygen atoms in total. The van der Waals surface area contributed by atoms with E-state index in [-0.39, 0.29) is 11.0 Å². The summed E-state index contributed by atoms with van der Waals surface area (Å²) in [6, 6.07) is 15.7. The number of hydrogen-bond donors (Lipinski definition) is 1. The molecule has 0 aliphatic rings. The fourth-order valence-corrected chi connectivity index (χ4v) is 3.68. The number of tetrazole rings is 1. The van der Waals surface area contributed by atoms with Gasteiger partial charge in [-0.2, -0.15) is 4.68 Å². The summed E-state index contributed by atoms with van der Waals surface area (Å²) in [5, 5.41) is 13.1. The molecule has 0 bridgehead atoms. The molecule has 26 heavy (non-hydrogen) atoms. The summed E-state index contributed by atoms with van der Waals surface area (Å²) >= 11 is 1.35. The topological polar surface area (TPSA) is 76.5 Å². The number of nitrogens with zero attached hydrogens (tertiary/aromatic N) is 4. The monoisotopic (exact) mass is 363 g/mol. The Morgan fingerprint density at radius 3 is 2.73 bits per heavy atom. The predicted molar refractivity (Wildman–Crippen MR) is 102 cm³/mol. The van der Waals surface area contributed by atoms with Crippen molar-refractivity contribution in [3.63, 3.8) is 0 Å². The van der Waals surface area contributed by atoms with Crippen LogP contribution in [0.25, 0.3) is 16.6 Å². The zero-order valence-corrected chi connectivity index (χ0v) is 15.2. The van der Waals surface area contributed by atoms with Gasteiger partial charge >= 0.3 is 0 Å². The second-order valence-corrected chi connectivity index (χ2v) is 7.39. The van der Waals surface area contributed by atoms with Crippen molar-refractivity contribution in [2.45, 2.75) is 24.3 Å². The van der Waals surface area contributed by atoms with Crippen LogP contribution in [-0.4, -0.2) is 36.2 Å². The molecule has 2 heterocycles. The van der Waals surface area contributed by atoms with Crippen LogP contribution < -0.4 is 0 Å². The Labute approximate surface area is 154 Å². The van der Waals surface area contributed by atoms with Gasteiger partial charge in [0.15, 0.2) is 5.78 Å². The van der Waals surface area contributed by atoms with Gasteiger partial charge in [0.2, 0.25) is 5.16 Å². The van der Waals surface area contributed by atoms with Gasteiger partial charge in [0, 0.05) is 22.7 Å².